The number of aromatic nitrogens is 3. The lowest BCUT2D eigenvalue weighted by Gasteiger charge is -2.09. The fraction of sp³-hybridized carbons (Fsp3) is 0.118. The van der Waals surface area contributed by atoms with Crippen LogP contribution in [0.2, 0.25) is 10.0 Å². The van der Waals surface area contributed by atoms with Crippen molar-refractivity contribution in [2.24, 2.45) is 0 Å². The van der Waals surface area contributed by atoms with E-state index >= 15 is 0 Å². The van der Waals surface area contributed by atoms with E-state index < -0.39 is 22.0 Å². The molecule has 0 bridgehead atoms. The molecule has 0 spiro atoms. The maximum atomic E-state index is 12.4. The minimum absolute atomic E-state index is 0.111. The van der Waals surface area contributed by atoms with Crippen LogP contribution in [0.3, 0.4) is 0 Å². The van der Waals surface area contributed by atoms with Crippen LogP contribution in [0.5, 0.6) is 0 Å². The lowest BCUT2D eigenvalue weighted by Crippen LogP contribution is -2.48. The third-order valence-corrected chi connectivity index (χ3v) is 5.88. The van der Waals surface area contributed by atoms with E-state index in [9.17, 15) is 24.5 Å². The Morgan fingerprint density at radius 2 is 1.66 bits per heavy atom. The highest BCUT2D eigenvalue weighted by atomic mass is 35.5. The molecule has 0 amide bonds. The van der Waals surface area contributed by atoms with Crippen LogP contribution in [0.15, 0.2) is 60.6 Å². The summed E-state index contributed by atoms with van der Waals surface area (Å²) in [6.07, 6.45) is 0. The monoisotopic (exact) mass is 454 g/mol. The largest absolute Gasteiger partial charge is 0.340 e. The molecular formula is C17H12Cl2N4O5S. The third kappa shape index (κ3) is 4.14. The van der Waals surface area contributed by atoms with E-state index in [0.29, 0.717) is 9.79 Å². The molecule has 9 nitrogen and oxygen atoms in total. The van der Waals surface area contributed by atoms with E-state index in [1.165, 1.54) is 36.0 Å². The van der Waals surface area contributed by atoms with Gasteiger partial charge < -0.3 is 0 Å². The van der Waals surface area contributed by atoms with Crippen LogP contribution < -0.4 is 17.1 Å². The summed E-state index contributed by atoms with van der Waals surface area (Å²) in [4.78, 5) is 49.7. The van der Waals surface area contributed by atoms with Crippen LogP contribution in [0.4, 0.5) is 5.69 Å². The summed E-state index contributed by atoms with van der Waals surface area (Å²) in [5.74, 6) is 0. The van der Waals surface area contributed by atoms with Crippen molar-refractivity contribution in [3.05, 3.63) is 88.0 Å². The number of halogens is 2. The first-order valence-corrected chi connectivity index (χ1v) is 9.68. The molecule has 150 valence electrons. The number of nitrogens with one attached hydrogen (secondary N) is 1. The van der Waals surface area contributed by atoms with Crippen molar-refractivity contribution in [1.82, 2.24) is 14.1 Å². The van der Waals surface area contributed by atoms with Gasteiger partial charge in [0.15, 0.2) is 0 Å². The van der Waals surface area contributed by atoms with Gasteiger partial charge in [-0.2, -0.15) is 0 Å². The van der Waals surface area contributed by atoms with Crippen LogP contribution in [0, 0.1) is 10.1 Å². The van der Waals surface area contributed by atoms with E-state index in [4.69, 9.17) is 23.2 Å². The van der Waals surface area contributed by atoms with Crippen molar-refractivity contribution in [2.45, 2.75) is 23.3 Å². The summed E-state index contributed by atoms with van der Waals surface area (Å²) in [6, 6.07) is 8.71. The second kappa shape index (κ2) is 8.27. The van der Waals surface area contributed by atoms with Gasteiger partial charge in [-0.1, -0.05) is 35.0 Å². The molecule has 1 heterocycles. The summed E-state index contributed by atoms with van der Waals surface area (Å²) in [6.45, 7) is 1.72. The van der Waals surface area contributed by atoms with Crippen molar-refractivity contribution in [1.29, 1.82) is 0 Å². The molecule has 29 heavy (non-hydrogen) atoms. The van der Waals surface area contributed by atoms with Crippen molar-refractivity contribution in [3.8, 4) is 5.69 Å². The molecule has 0 saturated carbocycles. The summed E-state index contributed by atoms with van der Waals surface area (Å²) < 4.78 is 1.76. The predicted molar refractivity (Wildman–Crippen MR) is 110 cm³/mol. The molecule has 0 atom stereocenters. The summed E-state index contributed by atoms with van der Waals surface area (Å²) in [7, 11) is 0. The highest BCUT2D eigenvalue weighted by Gasteiger charge is 2.16. The molecule has 0 aliphatic carbocycles. The zero-order valence-electron chi connectivity index (χ0n) is 14.7. The number of hydrogen-bond donors (Lipinski definition) is 1. The highest BCUT2D eigenvalue weighted by Crippen LogP contribution is 2.41. The Balaban J connectivity index is 1.97. The Bertz CT molecular complexity index is 1260. The van der Waals surface area contributed by atoms with Crippen LogP contribution in [-0.4, -0.2) is 19.0 Å². The fourth-order valence-electron chi connectivity index (χ4n) is 2.55. The van der Waals surface area contributed by atoms with Crippen LogP contribution in [0.1, 0.15) is 6.92 Å². The second-order valence-corrected chi connectivity index (χ2v) is 7.59. The van der Waals surface area contributed by atoms with Gasteiger partial charge in [0, 0.05) is 28.5 Å². The van der Waals surface area contributed by atoms with E-state index in [0.717, 1.165) is 9.13 Å². The Hall–Kier alpha value is -2.82. The van der Waals surface area contributed by atoms with Gasteiger partial charge in [0.2, 0.25) is 0 Å². The van der Waals surface area contributed by atoms with E-state index in [1.54, 1.807) is 19.1 Å². The number of nitro benzene ring substituents is 1. The number of H-pyrrole nitrogens is 1. The molecule has 1 aromatic heterocycles. The van der Waals surface area contributed by atoms with Crippen molar-refractivity contribution >= 4 is 40.7 Å². The highest BCUT2D eigenvalue weighted by molar-refractivity contribution is 7.99. The van der Waals surface area contributed by atoms with Crippen molar-refractivity contribution < 1.29 is 4.92 Å². The molecule has 0 saturated heterocycles. The Kier molecular flexibility index (Phi) is 5.96. The number of benzene rings is 2. The first kappa shape index (κ1) is 20.9. The lowest BCUT2D eigenvalue weighted by molar-refractivity contribution is -0.384. The van der Waals surface area contributed by atoms with Gasteiger partial charge in [-0.25, -0.2) is 23.5 Å². The number of rotatable bonds is 5. The smallest absolute Gasteiger partial charge is 0.258 e. The second-order valence-electron chi connectivity index (χ2n) is 5.69. The molecule has 2 aromatic carbocycles. The molecule has 3 rings (SSSR count). The Morgan fingerprint density at radius 1 is 1.07 bits per heavy atom. The van der Waals surface area contributed by atoms with Gasteiger partial charge >= 0.3 is 17.1 Å². The number of nitrogens with zero attached hydrogens (tertiary/aromatic N) is 3. The first-order chi connectivity index (χ1) is 13.7. The molecular weight excluding hydrogens is 443 g/mol. The third-order valence-electron chi connectivity index (χ3n) is 3.91. The summed E-state index contributed by atoms with van der Waals surface area (Å²) in [5, 5.41) is 11.1. The Morgan fingerprint density at radius 3 is 2.17 bits per heavy atom. The number of aromatic amines is 1. The quantitative estimate of drug-likeness (QED) is 0.467. The number of hydrogen-bond acceptors (Lipinski definition) is 6. The molecule has 0 aliphatic heterocycles. The maximum absolute atomic E-state index is 12.4. The van der Waals surface area contributed by atoms with Crippen LogP contribution >= 0.6 is 35.0 Å². The molecule has 1 N–H and O–H groups in total. The molecule has 12 heteroatoms. The molecule has 0 unspecified atom stereocenters. The minimum atomic E-state index is -0.841. The normalized spacial score (nSPS) is 10.9. The van der Waals surface area contributed by atoms with Gasteiger partial charge in [-0.05, 0) is 31.2 Å². The average molecular weight is 455 g/mol. The molecule has 0 fully saturated rings. The van der Waals surface area contributed by atoms with Gasteiger partial charge in [0.05, 0.1) is 20.7 Å². The molecule has 0 radical (unpaired) electrons. The SMILES string of the molecule is CCn1c(=O)[nH]c(=O)n(-c2ccc(Sc3c(Cl)cc([N+](=O)[O-])cc3Cl)cc2)c1=O. The maximum Gasteiger partial charge on any atom is 0.340 e. The topological polar surface area (TPSA) is 120 Å². The number of non-ortho nitro benzene ring substituents is 1. The summed E-state index contributed by atoms with van der Waals surface area (Å²) >= 11 is 13.4. The minimum Gasteiger partial charge on any atom is -0.258 e. The Labute approximate surface area is 176 Å². The van der Waals surface area contributed by atoms with E-state index in [1.807, 2.05) is 0 Å². The van der Waals surface area contributed by atoms with Gasteiger partial charge in [0.1, 0.15) is 0 Å². The molecule has 3 aromatic rings. The average Bonchev–Trinajstić information content (AvgIpc) is 2.65. The van der Waals surface area contributed by atoms with E-state index in [-0.39, 0.29) is 28.0 Å². The first-order valence-electron chi connectivity index (χ1n) is 8.10. The zero-order valence-corrected chi connectivity index (χ0v) is 17.0. The number of nitro groups is 1. The summed E-state index contributed by atoms with van der Waals surface area (Å²) in [5.41, 5.74) is -2.31. The predicted octanol–water partition coefficient (Wildman–Crippen LogP) is 3.07. The standard InChI is InChI=1S/C17H12Cl2N4O5S/c1-2-21-15(24)20-16(25)22(17(21)26)9-3-5-11(6-4-9)29-14-12(18)7-10(23(27)28)8-13(14)19/h3-8H,2H2,1H3,(H,20,24,25). The fourth-order valence-corrected chi connectivity index (χ4v) is 4.07. The van der Waals surface area contributed by atoms with Crippen molar-refractivity contribution in [2.75, 3.05) is 0 Å². The van der Waals surface area contributed by atoms with Crippen molar-refractivity contribution in [3.63, 3.8) is 0 Å². The zero-order chi connectivity index (χ0) is 21.3. The van der Waals surface area contributed by atoms with Crippen LogP contribution in [0.25, 0.3) is 5.69 Å². The van der Waals surface area contributed by atoms with Gasteiger partial charge in [-0.15, -0.1) is 0 Å². The van der Waals surface area contributed by atoms with Gasteiger partial charge in [-0.3, -0.25) is 15.1 Å². The van der Waals surface area contributed by atoms with Crippen LogP contribution in [-0.2, 0) is 6.54 Å². The van der Waals surface area contributed by atoms with E-state index in [2.05, 4.69) is 4.98 Å². The lowest BCUT2D eigenvalue weighted by atomic mass is 10.3. The molecule has 0 aliphatic rings. The van der Waals surface area contributed by atoms with Gasteiger partial charge in [0.25, 0.3) is 5.69 Å².